The molecule has 1 aliphatic rings. The fourth-order valence-electron chi connectivity index (χ4n) is 1.45. The van der Waals surface area contributed by atoms with Gasteiger partial charge in [0.25, 0.3) is 0 Å². The van der Waals surface area contributed by atoms with Crippen molar-refractivity contribution in [2.75, 3.05) is 13.2 Å². The van der Waals surface area contributed by atoms with Gasteiger partial charge in [0.1, 0.15) is 6.61 Å². The van der Waals surface area contributed by atoms with E-state index < -0.39 is 0 Å². The first-order valence-corrected chi connectivity index (χ1v) is 4.85. The molecule has 1 aromatic heterocycles. The van der Waals surface area contributed by atoms with Crippen molar-refractivity contribution in [1.82, 2.24) is 10.3 Å². The second kappa shape index (κ2) is 4.13. The van der Waals surface area contributed by atoms with E-state index in [0.29, 0.717) is 0 Å². The van der Waals surface area contributed by atoms with Crippen molar-refractivity contribution < 1.29 is 4.74 Å². The number of hydrogen-bond acceptors (Lipinski definition) is 3. The molecule has 0 aromatic carbocycles. The van der Waals surface area contributed by atoms with E-state index in [1.165, 1.54) is 0 Å². The number of aromatic nitrogens is 1. The maximum absolute atomic E-state index is 5.37. The lowest BCUT2D eigenvalue weighted by Crippen LogP contribution is -2.06. The first-order valence-electron chi connectivity index (χ1n) is 4.85. The Bertz CT molecular complexity index is 313. The lowest BCUT2D eigenvalue weighted by molar-refractivity contribution is 0.263. The summed E-state index contributed by atoms with van der Waals surface area (Å²) in [4.78, 5) is 4.29. The Labute approximate surface area is 83.8 Å². The molecule has 1 saturated heterocycles. The van der Waals surface area contributed by atoms with Gasteiger partial charge in [-0.1, -0.05) is 13.0 Å². The third-order valence-electron chi connectivity index (χ3n) is 2.21. The number of nitrogens with zero attached hydrogens (tertiary/aromatic N) is 1. The smallest absolute Gasteiger partial charge is 0.183 e. The molecule has 1 aromatic rings. The van der Waals surface area contributed by atoms with Crippen LogP contribution in [0.3, 0.4) is 0 Å². The summed E-state index contributed by atoms with van der Waals surface area (Å²) in [5.41, 5.74) is 1.07. The van der Waals surface area contributed by atoms with E-state index in [4.69, 9.17) is 4.74 Å². The molecule has 1 aliphatic heterocycles. The summed E-state index contributed by atoms with van der Waals surface area (Å²) >= 11 is 0. The Morgan fingerprint density at radius 1 is 1.57 bits per heavy atom. The van der Waals surface area contributed by atoms with Gasteiger partial charge in [-0.3, -0.25) is 4.98 Å². The zero-order valence-electron chi connectivity index (χ0n) is 8.23. The number of nitrogens with one attached hydrogen (secondary N) is 1. The van der Waals surface area contributed by atoms with Crippen LogP contribution in [0.4, 0.5) is 0 Å². The minimum atomic E-state index is 0.289. The van der Waals surface area contributed by atoms with Crippen LogP contribution in [0.2, 0.25) is 0 Å². The molecule has 3 nitrogen and oxygen atoms in total. The zero-order chi connectivity index (χ0) is 9.80. The minimum Gasteiger partial charge on any atom is -0.478 e. The second-order valence-corrected chi connectivity index (χ2v) is 3.35. The van der Waals surface area contributed by atoms with Gasteiger partial charge in [0, 0.05) is 17.8 Å². The zero-order valence-corrected chi connectivity index (χ0v) is 8.23. The van der Waals surface area contributed by atoms with Crippen molar-refractivity contribution in [2.24, 2.45) is 0 Å². The highest BCUT2D eigenvalue weighted by molar-refractivity contribution is 5.16. The predicted octanol–water partition coefficient (Wildman–Crippen LogP) is 1.65. The van der Waals surface area contributed by atoms with Gasteiger partial charge in [0.05, 0.1) is 6.54 Å². The van der Waals surface area contributed by atoms with Crippen molar-refractivity contribution in [1.29, 1.82) is 0 Å². The van der Waals surface area contributed by atoms with E-state index in [1.54, 1.807) is 0 Å². The van der Waals surface area contributed by atoms with Crippen molar-refractivity contribution in [3.63, 3.8) is 0 Å². The minimum absolute atomic E-state index is 0.289. The van der Waals surface area contributed by atoms with E-state index in [9.17, 15) is 0 Å². The maximum Gasteiger partial charge on any atom is 0.183 e. The van der Waals surface area contributed by atoms with Crippen LogP contribution in [-0.2, 0) is 4.74 Å². The van der Waals surface area contributed by atoms with Crippen molar-refractivity contribution in [3.8, 4) is 0 Å². The standard InChI is InChI=1S/C11H14N2O/c1-9(8-11-13-6-7-14-11)10-4-2-3-5-12-10/h2-5,8-9,13H,6-7H2,1H3/t9-/m1/s1. The maximum atomic E-state index is 5.37. The van der Waals surface area contributed by atoms with Gasteiger partial charge in [-0.05, 0) is 18.2 Å². The number of hydrogen-bond donors (Lipinski definition) is 1. The molecule has 0 spiro atoms. The highest BCUT2D eigenvalue weighted by Crippen LogP contribution is 2.16. The van der Waals surface area contributed by atoms with Gasteiger partial charge < -0.3 is 10.1 Å². The van der Waals surface area contributed by atoms with Crippen LogP contribution in [0.15, 0.2) is 36.4 Å². The van der Waals surface area contributed by atoms with Crippen LogP contribution < -0.4 is 5.32 Å². The van der Waals surface area contributed by atoms with Crippen LogP contribution in [0.25, 0.3) is 0 Å². The Kier molecular flexibility index (Phi) is 2.68. The molecular weight excluding hydrogens is 176 g/mol. The quantitative estimate of drug-likeness (QED) is 0.770. The van der Waals surface area contributed by atoms with Crippen LogP contribution in [0, 0.1) is 0 Å². The van der Waals surface area contributed by atoms with Gasteiger partial charge >= 0.3 is 0 Å². The normalized spacial score (nSPS) is 20.2. The van der Waals surface area contributed by atoms with E-state index >= 15 is 0 Å². The molecule has 2 rings (SSSR count). The summed E-state index contributed by atoms with van der Waals surface area (Å²) in [7, 11) is 0. The molecule has 1 atom stereocenters. The van der Waals surface area contributed by atoms with E-state index in [2.05, 4.69) is 23.3 Å². The number of rotatable bonds is 2. The molecule has 0 radical (unpaired) electrons. The SMILES string of the molecule is C[C@H](C=C1NCCO1)c1ccccn1. The molecule has 1 fully saturated rings. The average molecular weight is 190 g/mol. The van der Waals surface area contributed by atoms with E-state index in [1.807, 2.05) is 24.4 Å². The van der Waals surface area contributed by atoms with Gasteiger partial charge in [-0.15, -0.1) is 0 Å². The third-order valence-corrected chi connectivity index (χ3v) is 2.21. The summed E-state index contributed by atoms with van der Waals surface area (Å²) in [5.74, 6) is 1.17. The molecule has 0 aliphatic carbocycles. The molecular formula is C11H14N2O. The first-order chi connectivity index (χ1) is 6.86. The molecule has 0 amide bonds. The molecule has 1 N–H and O–H groups in total. The summed E-state index contributed by atoms with van der Waals surface area (Å²) in [6, 6.07) is 5.95. The number of pyridine rings is 1. The Morgan fingerprint density at radius 2 is 2.50 bits per heavy atom. The van der Waals surface area contributed by atoms with Crippen LogP contribution in [-0.4, -0.2) is 18.1 Å². The van der Waals surface area contributed by atoms with Gasteiger partial charge in [0.15, 0.2) is 5.88 Å². The molecule has 74 valence electrons. The summed E-state index contributed by atoms with van der Waals surface area (Å²) in [5, 5.41) is 3.17. The molecule has 0 unspecified atom stereocenters. The Balaban J connectivity index is 2.08. The van der Waals surface area contributed by atoms with Crippen molar-refractivity contribution in [2.45, 2.75) is 12.8 Å². The fourth-order valence-corrected chi connectivity index (χ4v) is 1.45. The van der Waals surface area contributed by atoms with Gasteiger partial charge in [0.2, 0.25) is 0 Å². The number of ether oxygens (including phenoxy) is 1. The molecule has 0 bridgehead atoms. The first kappa shape index (κ1) is 9.06. The molecule has 2 heterocycles. The van der Waals surface area contributed by atoms with Gasteiger partial charge in [-0.25, -0.2) is 0 Å². The van der Waals surface area contributed by atoms with E-state index in [0.717, 1.165) is 24.7 Å². The molecule has 3 heteroatoms. The third kappa shape index (κ3) is 2.05. The summed E-state index contributed by atoms with van der Waals surface area (Å²) in [6.45, 7) is 3.78. The summed E-state index contributed by atoms with van der Waals surface area (Å²) < 4.78 is 5.37. The van der Waals surface area contributed by atoms with E-state index in [-0.39, 0.29) is 5.92 Å². The second-order valence-electron chi connectivity index (χ2n) is 3.35. The predicted molar refractivity (Wildman–Crippen MR) is 54.7 cm³/mol. The summed E-state index contributed by atoms with van der Waals surface area (Å²) in [6.07, 6.45) is 3.88. The average Bonchev–Trinajstić information content (AvgIpc) is 2.72. The highest BCUT2D eigenvalue weighted by atomic mass is 16.5. The molecule has 14 heavy (non-hydrogen) atoms. The Morgan fingerprint density at radius 3 is 3.14 bits per heavy atom. The van der Waals surface area contributed by atoms with Crippen molar-refractivity contribution >= 4 is 0 Å². The van der Waals surface area contributed by atoms with Crippen LogP contribution >= 0.6 is 0 Å². The van der Waals surface area contributed by atoms with Crippen LogP contribution in [0.5, 0.6) is 0 Å². The lowest BCUT2D eigenvalue weighted by atomic mass is 10.1. The Hall–Kier alpha value is -1.51. The number of allylic oxidation sites excluding steroid dienone is 1. The topological polar surface area (TPSA) is 34.1 Å². The largest absolute Gasteiger partial charge is 0.478 e. The van der Waals surface area contributed by atoms with Crippen LogP contribution in [0.1, 0.15) is 18.5 Å². The van der Waals surface area contributed by atoms with Crippen molar-refractivity contribution in [3.05, 3.63) is 42.0 Å². The van der Waals surface area contributed by atoms with Gasteiger partial charge in [-0.2, -0.15) is 0 Å². The molecule has 0 saturated carbocycles. The fraction of sp³-hybridized carbons (Fsp3) is 0.364. The highest BCUT2D eigenvalue weighted by Gasteiger charge is 2.09. The monoisotopic (exact) mass is 190 g/mol. The lowest BCUT2D eigenvalue weighted by Gasteiger charge is -2.06.